The summed E-state index contributed by atoms with van der Waals surface area (Å²) in [5.74, 6) is 0.766. The van der Waals surface area contributed by atoms with E-state index >= 15 is 0 Å². The van der Waals surface area contributed by atoms with Gasteiger partial charge in [0.1, 0.15) is 5.75 Å². The van der Waals surface area contributed by atoms with Crippen LogP contribution in [0.2, 0.25) is 0 Å². The Kier molecular flexibility index (Phi) is 4.87. The lowest BCUT2D eigenvalue weighted by molar-refractivity contribution is -0.0191. The van der Waals surface area contributed by atoms with E-state index < -0.39 is 0 Å². The number of nitrogens with two attached hydrogens (primary N) is 1. The molecule has 1 atom stereocenters. The number of methoxy groups -OCH3 is 1. The van der Waals surface area contributed by atoms with Crippen LogP contribution >= 0.6 is 0 Å². The van der Waals surface area contributed by atoms with Crippen molar-refractivity contribution in [1.29, 1.82) is 0 Å². The molecule has 0 radical (unpaired) electrons. The predicted molar refractivity (Wildman–Crippen MR) is 77.8 cm³/mol. The van der Waals surface area contributed by atoms with Crippen molar-refractivity contribution in [2.75, 3.05) is 50.9 Å². The third kappa shape index (κ3) is 4.01. The van der Waals surface area contributed by atoms with Crippen molar-refractivity contribution in [2.45, 2.75) is 13.0 Å². The third-order valence-electron chi connectivity index (χ3n) is 3.37. The molecule has 1 aromatic rings. The summed E-state index contributed by atoms with van der Waals surface area (Å²) in [6.07, 6.45) is 0.223. The minimum atomic E-state index is 0.223. The number of nitrogen functional groups attached to an aromatic ring is 1. The second kappa shape index (κ2) is 6.63. The average Bonchev–Trinajstić information content (AvgIpc) is 2.44. The number of likely N-dealkylation sites (N-methyl/N-ethyl adjacent to an activating group) is 1. The Labute approximate surface area is 114 Å². The Morgan fingerprint density at radius 2 is 2.32 bits per heavy atom. The van der Waals surface area contributed by atoms with Crippen LogP contribution in [0.3, 0.4) is 0 Å². The van der Waals surface area contributed by atoms with Gasteiger partial charge in [-0.3, -0.25) is 4.90 Å². The van der Waals surface area contributed by atoms with Gasteiger partial charge in [0, 0.05) is 43.1 Å². The largest absolute Gasteiger partial charge is 0.497 e. The first kappa shape index (κ1) is 14.0. The minimum Gasteiger partial charge on any atom is -0.497 e. The first-order valence-corrected chi connectivity index (χ1v) is 6.73. The summed E-state index contributed by atoms with van der Waals surface area (Å²) < 4.78 is 11.0. The molecule has 1 saturated heterocycles. The zero-order valence-electron chi connectivity index (χ0n) is 11.7. The van der Waals surface area contributed by atoms with Crippen LogP contribution < -0.4 is 15.8 Å². The van der Waals surface area contributed by atoms with E-state index in [1.165, 1.54) is 0 Å². The number of nitrogens with one attached hydrogen (secondary N) is 1. The molecule has 0 saturated carbocycles. The molecule has 0 bridgehead atoms. The van der Waals surface area contributed by atoms with Crippen LogP contribution in [0.1, 0.15) is 6.92 Å². The van der Waals surface area contributed by atoms with Gasteiger partial charge in [0.25, 0.3) is 0 Å². The molecule has 19 heavy (non-hydrogen) atoms. The van der Waals surface area contributed by atoms with Gasteiger partial charge in [-0.2, -0.15) is 0 Å². The van der Waals surface area contributed by atoms with Crippen LogP contribution in [0.5, 0.6) is 5.75 Å². The second-order valence-corrected chi connectivity index (χ2v) is 4.76. The Morgan fingerprint density at radius 1 is 1.47 bits per heavy atom. The third-order valence-corrected chi connectivity index (χ3v) is 3.37. The topological polar surface area (TPSA) is 59.8 Å². The smallest absolute Gasteiger partial charge is 0.122 e. The molecular formula is C14H23N3O2. The van der Waals surface area contributed by atoms with Crippen molar-refractivity contribution in [1.82, 2.24) is 4.90 Å². The van der Waals surface area contributed by atoms with E-state index in [2.05, 4.69) is 17.1 Å². The number of ether oxygens (including phenoxy) is 2. The van der Waals surface area contributed by atoms with Gasteiger partial charge in [0.15, 0.2) is 0 Å². The highest BCUT2D eigenvalue weighted by molar-refractivity contribution is 5.59. The molecule has 1 fully saturated rings. The number of rotatable bonds is 5. The zero-order chi connectivity index (χ0) is 13.7. The van der Waals surface area contributed by atoms with Gasteiger partial charge in [-0.25, -0.2) is 0 Å². The molecule has 1 unspecified atom stereocenters. The number of nitrogens with zero attached hydrogens (tertiary/aromatic N) is 1. The molecule has 3 N–H and O–H groups in total. The number of hydrogen-bond acceptors (Lipinski definition) is 5. The first-order chi connectivity index (χ1) is 9.21. The van der Waals surface area contributed by atoms with E-state index in [0.717, 1.165) is 44.2 Å². The van der Waals surface area contributed by atoms with Crippen molar-refractivity contribution >= 4 is 11.4 Å². The average molecular weight is 265 g/mol. The lowest BCUT2D eigenvalue weighted by Gasteiger charge is -2.32. The van der Waals surface area contributed by atoms with E-state index in [0.29, 0.717) is 5.69 Å². The molecule has 0 spiro atoms. The van der Waals surface area contributed by atoms with E-state index in [1.54, 1.807) is 13.2 Å². The standard InChI is InChI=1S/C14H23N3O2/c1-3-17-4-5-19-14(10-17)9-16-12-6-11(15)7-13(8-12)18-2/h6-8,14,16H,3-5,9-10,15H2,1-2H3. The Morgan fingerprint density at radius 3 is 3.05 bits per heavy atom. The Bertz CT molecular complexity index is 412. The van der Waals surface area contributed by atoms with Gasteiger partial charge in [-0.15, -0.1) is 0 Å². The molecule has 1 aliphatic rings. The summed E-state index contributed by atoms with van der Waals surface area (Å²) >= 11 is 0. The molecule has 0 amide bonds. The van der Waals surface area contributed by atoms with Gasteiger partial charge in [-0.05, 0) is 12.6 Å². The molecule has 106 valence electrons. The second-order valence-electron chi connectivity index (χ2n) is 4.76. The van der Waals surface area contributed by atoms with Gasteiger partial charge < -0.3 is 20.5 Å². The van der Waals surface area contributed by atoms with Gasteiger partial charge in [0.05, 0.1) is 19.8 Å². The predicted octanol–water partition coefficient (Wildman–Crippen LogP) is 1.41. The van der Waals surface area contributed by atoms with Gasteiger partial charge >= 0.3 is 0 Å². The maximum Gasteiger partial charge on any atom is 0.122 e. The highest BCUT2D eigenvalue weighted by atomic mass is 16.5. The molecule has 2 rings (SSSR count). The summed E-state index contributed by atoms with van der Waals surface area (Å²) in [6.45, 7) is 6.84. The number of hydrogen-bond donors (Lipinski definition) is 2. The van der Waals surface area contributed by atoms with Crippen LogP contribution in [0.15, 0.2) is 18.2 Å². The highest BCUT2D eigenvalue weighted by Crippen LogP contribution is 2.22. The van der Waals surface area contributed by atoms with Gasteiger partial charge in [0.2, 0.25) is 0 Å². The maximum atomic E-state index is 5.83. The number of benzene rings is 1. The molecule has 5 heteroatoms. The lowest BCUT2D eigenvalue weighted by atomic mass is 10.2. The quantitative estimate of drug-likeness (QED) is 0.788. The lowest BCUT2D eigenvalue weighted by Crippen LogP contribution is -2.45. The van der Waals surface area contributed by atoms with E-state index in [-0.39, 0.29) is 6.10 Å². The fraction of sp³-hybridized carbons (Fsp3) is 0.571. The van der Waals surface area contributed by atoms with Crippen molar-refractivity contribution < 1.29 is 9.47 Å². The number of morpholine rings is 1. The fourth-order valence-corrected chi connectivity index (χ4v) is 2.26. The van der Waals surface area contributed by atoms with Crippen molar-refractivity contribution in [3.05, 3.63) is 18.2 Å². The molecule has 5 nitrogen and oxygen atoms in total. The van der Waals surface area contributed by atoms with E-state index in [1.807, 2.05) is 12.1 Å². The maximum absolute atomic E-state index is 5.83. The summed E-state index contributed by atoms with van der Waals surface area (Å²) in [7, 11) is 1.64. The SMILES string of the molecule is CCN1CCOC(CNc2cc(N)cc(OC)c2)C1. The van der Waals surface area contributed by atoms with Crippen LogP contribution in [0.25, 0.3) is 0 Å². The molecule has 0 aliphatic carbocycles. The van der Waals surface area contributed by atoms with Crippen molar-refractivity contribution in [3.8, 4) is 5.75 Å². The van der Waals surface area contributed by atoms with Crippen molar-refractivity contribution in [3.63, 3.8) is 0 Å². The Balaban J connectivity index is 1.89. The molecule has 1 aromatic carbocycles. The van der Waals surface area contributed by atoms with E-state index in [4.69, 9.17) is 15.2 Å². The van der Waals surface area contributed by atoms with Crippen LogP contribution in [-0.4, -0.2) is 50.9 Å². The van der Waals surface area contributed by atoms with Crippen LogP contribution in [0, 0.1) is 0 Å². The minimum absolute atomic E-state index is 0.223. The van der Waals surface area contributed by atoms with Crippen molar-refractivity contribution in [2.24, 2.45) is 0 Å². The monoisotopic (exact) mass is 265 g/mol. The summed E-state index contributed by atoms with van der Waals surface area (Å²) in [6, 6.07) is 5.65. The molecule has 1 heterocycles. The zero-order valence-corrected chi connectivity index (χ0v) is 11.7. The van der Waals surface area contributed by atoms with Crippen LogP contribution in [0.4, 0.5) is 11.4 Å². The fourth-order valence-electron chi connectivity index (χ4n) is 2.26. The summed E-state index contributed by atoms with van der Waals surface area (Å²) in [4.78, 5) is 2.40. The van der Waals surface area contributed by atoms with Crippen LogP contribution in [-0.2, 0) is 4.74 Å². The summed E-state index contributed by atoms with van der Waals surface area (Å²) in [5.41, 5.74) is 7.49. The van der Waals surface area contributed by atoms with Gasteiger partial charge in [-0.1, -0.05) is 6.92 Å². The normalized spacial score (nSPS) is 20.2. The highest BCUT2D eigenvalue weighted by Gasteiger charge is 2.18. The Hall–Kier alpha value is -1.46. The molecule has 0 aromatic heterocycles. The molecule has 1 aliphatic heterocycles. The summed E-state index contributed by atoms with van der Waals surface area (Å²) in [5, 5.41) is 3.36. The van der Waals surface area contributed by atoms with E-state index in [9.17, 15) is 0 Å². The first-order valence-electron chi connectivity index (χ1n) is 6.73. The molecular weight excluding hydrogens is 242 g/mol. The number of anilines is 2.